The molecule has 1 heterocycles. The average Bonchev–Trinajstić information content (AvgIpc) is 1.81. The van der Waals surface area contributed by atoms with Crippen molar-refractivity contribution in [2.45, 2.75) is 6.92 Å². The first-order chi connectivity index (χ1) is 3.75. The first-order valence-electron chi connectivity index (χ1n) is 2.61. The molecule has 1 fully saturated rings. The Hall–Kier alpha value is -0.570. The van der Waals surface area contributed by atoms with Crippen molar-refractivity contribution in [3.63, 3.8) is 0 Å². The summed E-state index contributed by atoms with van der Waals surface area (Å²) in [6.07, 6.45) is 0. The molecule has 0 aromatic rings. The van der Waals surface area contributed by atoms with E-state index in [1.807, 2.05) is 6.92 Å². The maximum Gasteiger partial charge on any atom is 0.250 e. The molecule has 1 saturated heterocycles. The Morgan fingerprint density at radius 3 is 2.62 bits per heavy atom. The van der Waals surface area contributed by atoms with E-state index in [9.17, 15) is 4.79 Å². The summed E-state index contributed by atoms with van der Waals surface area (Å²) in [7, 11) is 1.50. The predicted octanol–water partition coefficient (Wildman–Crippen LogP) is 0.0261. The lowest BCUT2D eigenvalue weighted by atomic mass is 10.1. The summed E-state index contributed by atoms with van der Waals surface area (Å²) in [5, 5.41) is 1.35. The van der Waals surface area contributed by atoms with E-state index in [0.717, 1.165) is 6.54 Å². The Balaban J connectivity index is 2.36. The van der Waals surface area contributed by atoms with Crippen molar-refractivity contribution >= 4 is 5.91 Å². The molecule has 0 bridgehead atoms. The zero-order valence-electron chi connectivity index (χ0n) is 5.05. The maximum absolute atomic E-state index is 10.6. The second-order valence-electron chi connectivity index (χ2n) is 1.98. The van der Waals surface area contributed by atoms with Crippen LogP contribution in [-0.4, -0.2) is 24.6 Å². The minimum atomic E-state index is 0.0903. The Labute approximate surface area is 48.2 Å². The third-order valence-corrected chi connectivity index (χ3v) is 1.33. The van der Waals surface area contributed by atoms with E-state index >= 15 is 0 Å². The molecule has 8 heavy (non-hydrogen) atoms. The van der Waals surface area contributed by atoms with E-state index in [2.05, 4.69) is 4.84 Å². The average molecular weight is 115 g/mol. The quantitative estimate of drug-likeness (QED) is 0.451. The molecule has 3 heteroatoms. The van der Waals surface area contributed by atoms with Gasteiger partial charge in [0.25, 0.3) is 5.91 Å². The van der Waals surface area contributed by atoms with Crippen LogP contribution in [0.2, 0.25) is 0 Å². The number of amides is 1. The number of hydrogen-bond acceptors (Lipinski definition) is 2. The molecule has 0 aliphatic carbocycles. The first-order valence-corrected chi connectivity index (χ1v) is 2.61. The minimum Gasteiger partial charge on any atom is -0.274 e. The summed E-state index contributed by atoms with van der Waals surface area (Å²) in [4.78, 5) is 15.2. The van der Waals surface area contributed by atoms with E-state index in [1.54, 1.807) is 0 Å². The van der Waals surface area contributed by atoms with Gasteiger partial charge in [-0.1, -0.05) is 6.92 Å². The van der Waals surface area contributed by atoms with Crippen LogP contribution in [0, 0.1) is 5.92 Å². The zero-order valence-corrected chi connectivity index (χ0v) is 5.05. The van der Waals surface area contributed by atoms with Gasteiger partial charge >= 0.3 is 0 Å². The normalized spacial score (nSPS) is 28.0. The highest BCUT2D eigenvalue weighted by molar-refractivity contribution is 5.82. The minimum absolute atomic E-state index is 0.0903. The Morgan fingerprint density at radius 2 is 2.50 bits per heavy atom. The number of carbonyl (C=O) groups excluding carboxylic acids is 1. The van der Waals surface area contributed by atoms with Crippen LogP contribution in [0.5, 0.6) is 0 Å². The van der Waals surface area contributed by atoms with Gasteiger partial charge in [-0.05, 0) is 0 Å². The van der Waals surface area contributed by atoms with Crippen LogP contribution >= 0.6 is 0 Å². The van der Waals surface area contributed by atoms with Gasteiger partial charge in [0, 0.05) is 0 Å². The Morgan fingerprint density at radius 1 is 1.88 bits per heavy atom. The largest absolute Gasteiger partial charge is 0.274 e. The molecule has 0 radical (unpaired) electrons. The molecule has 1 rings (SSSR count). The van der Waals surface area contributed by atoms with E-state index < -0.39 is 0 Å². The molecule has 0 N–H and O–H groups in total. The van der Waals surface area contributed by atoms with Gasteiger partial charge < -0.3 is 0 Å². The summed E-state index contributed by atoms with van der Waals surface area (Å²) in [6, 6.07) is 0. The van der Waals surface area contributed by atoms with Crippen LogP contribution < -0.4 is 0 Å². The van der Waals surface area contributed by atoms with Crippen LogP contribution in [0.25, 0.3) is 0 Å². The van der Waals surface area contributed by atoms with Gasteiger partial charge in [0.15, 0.2) is 0 Å². The highest BCUT2D eigenvalue weighted by Crippen LogP contribution is 2.15. The predicted molar refractivity (Wildman–Crippen MR) is 27.9 cm³/mol. The second-order valence-corrected chi connectivity index (χ2v) is 1.98. The molecular formula is C5H9NO2. The number of carbonyl (C=O) groups is 1. The fraction of sp³-hybridized carbons (Fsp3) is 0.800. The summed E-state index contributed by atoms with van der Waals surface area (Å²) in [5.74, 6) is 0.266. The molecule has 0 aromatic carbocycles. The fourth-order valence-corrected chi connectivity index (χ4v) is 0.715. The third-order valence-electron chi connectivity index (χ3n) is 1.33. The van der Waals surface area contributed by atoms with E-state index in [4.69, 9.17) is 0 Å². The molecule has 46 valence electrons. The highest BCUT2D eigenvalue weighted by atomic mass is 16.7. The number of β-lactam (4-membered cyclic amide) rings is 1. The number of nitrogens with zero attached hydrogens (tertiary/aromatic N) is 1. The number of hydroxylamine groups is 2. The van der Waals surface area contributed by atoms with Gasteiger partial charge in [-0.3, -0.25) is 9.63 Å². The fourth-order valence-electron chi connectivity index (χ4n) is 0.715. The monoisotopic (exact) mass is 115 g/mol. The Bertz CT molecular complexity index is 113. The summed E-state index contributed by atoms with van der Waals surface area (Å²) >= 11 is 0. The topological polar surface area (TPSA) is 29.5 Å². The van der Waals surface area contributed by atoms with Crippen molar-refractivity contribution in [2.24, 2.45) is 5.92 Å². The summed E-state index contributed by atoms with van der Waals surface area (Å²) in [6.45, 7) is 2.63. The lowest BCUT2D eigenvalue weighted by Crippen LogP contribution is -2.49. The van der Waals surface area contributed by atoms with E-state index in [0.29, 0.717) is 0 Å². The SMILES string of the molecule is CON1C[C@@H](C)C1=O. The molecule has 1 aliphatic heterocycles. The van der Waals surface area contributed by atoms with Gasteiger partial charge in [-0.2, -0.15) is 0 Å². The first kappa shape index (κ1) is 5.56. The van der Waals surface area contributed by atoms with Gasteiger partial charge in [-0.15, -0.1) is 0 Å². The molecular weight excluding hydrogens is 106 g/mol. The van der Waals surface area contributed by atoms with Crippen molar-refractivity contribution < 1.29 is 9.63 Å². The van der Waals surface area contributed by atoms with Crippen LogP contribution in [0.15, 0.2) is 0 Å². The molecule has 3 nitrogen and oxygen atoms in total. The maximum atomic E-state index is 10.6. The van der Waals surface area contributed by atoms with Gasteiger partial charge in [0.2, 0.25) is 0 Å². The highest BCUT2D eigenvalue weighted by Gasteiger charge is 2.32. The lowest BCUT2D eigenvalue weighted by molar-refractivity contribution is -0.207. The Kier molecular flexibility index (Phi) is 1.21. The van der Waals surface area contributed by atoms with E-state index in [-0.39, 0.29) is 11.8 Å². The molecule has 0 saturated carbocycles. The summed E-state index contributed by atoms with van der Waals surface area (Å²) in [5.41, 5.74) is 0. The van der Waals surface area contributed by atoms with Crippen LogP contribution in [0.1, 0.15) is 6.92 Å². The van der Waals surface area contributed by atoms with Gasteiger partial charge in [0.05, 0.1) is 19.6 Å². The molecule has 1 amide bonds. The van der Waals surface area contributed by atoms with Crippen molar-refractivity contribution in [3.05, 3.63) is 0 Å². The van der Waals surface area contributed by atoms with Crippen molar-refractivity contribution in [3.8, 4) is 0 Å². The zero-order chi connectivity index (χ0) is 6.15. The summed E-state index contributed by atoms with van der Waals surface area (Å²) < 4.78 is 0. The van der Waals surface area contributed by atoms with Gasteiger partial charge in [-0.25, -0.2) is 5.06 Å². The third kappa shape index (κ3) is 0.591. The molecule has 1 atom stereocenters. The van der Waals surface area contributed by atoms with Crippen molar-refractivity contribution in [1.29, 1.82) is 0 Å². The van der Waals surface area contributed by atoms with Crippen LogP contribution in [0.4, 0.5) is 0 Å². The lowest BCUT2D eigenvalue weighted by Gasteiger charge is -2.33. The van der Waals surface area contributed by atoms with Crippen molar-refractivity contribution in [1.82, 2.24) is 5.06 Å². The van der Waals surface area contributed by atoms with Gasteiger partial charge in [0.1, 0.15) is 0 Å². The second kappa shape index (κ2) is 1.74. The van der Waals surface area contributed by atoms with Crippen LogP contribution in [-0.2, 0) is 9.63 Å². The van der Waals surface area contributed by atoms with Crippen LogP contribution in [0.3, 0.4) is 0 Å². The number of hydrogen-bond donors (Lipinski definition) is 0. The molecule has 1 aliphatic rings. The molecule has 0 unspecified atom stereocenters. The molecule has 0 aromatic heterocycles. The number of rotatable bonds is 1. The molecule has 0 spiro atoms. The smallest absolute Gasteiger partial charge is 0.250 e. The standard InChI is InChI=1S/C5H9NO2/c1-4-3-6(8-2)5(4)7/h4H,3H2,1-2H3/t4-/m1/s1. The van der Waals surface area contributed by atoms with Crippen molar-refractivity contribution in [2.75, 3.05) is 13.7 Å². The van der Waals surface area contributed by atoms with E-state index in [1.165, 1.54) is 12.2 Å².